The van der Waals surface area contributed by atoms with Crippen LogP contribution in [-0.4, -0.2) is 22.2 Å². The number of benzene rings is 24. The molecule has 0 unspecified atom stereocenters. The summed E-state index contributed by atoms with van der Waals surface area (Å²) >= 11 is 3.77. The standard InChI is InChI=1S/C80H62N4.C30H22BrN.C20H20N2.2C2H4O2.CH4.Pd/c1-51-7-27-61(28-8-51)81(62-29-9-52(2)10-30-62)73-47-23-57-21-45-71-75(49-25-59-19-43-69(73)77(57)79(59)71)83(65-35-15-55(5)16-36-65)67-39-41-68(42-40-67)84(66-37-17-56(6)18-38-66)76-50-26-60-20-44-70-74(48-24-58-22-46-72(76)80(60)78(58)70)82(63-31-11-53(3)12-32-63)64-33-13-54(4)14-34-64;1-19-3-11-23(12-4-19)32(24-13-5-20(2)6-14-24)28-18-10-22-7-15-25-27(31)17-9-21-8-16-26(28)30(22)29(21)25;1-15-3-7-17(8-4-15)21-19-11-13-20(14-12-19)22-18-9-5-16(2)6-10-18;2*1-2(3)4;;/h7-50H,1-6H3;3-18H,1-2H3;3-14,21-22H,1-2H3;2*1H3,(H,3,4);1H4;. The van der Waals surface area contributed by atoms with Gasteiger partial charge in [0.15, 0.2) is 0 Å². The molecular formula is C135H116BrN7O4Pd. The minimum absolute atomic E-state index is 0. The molecule has 0 bridgehead atoms. The number of aliphatic carboxylic acids is 2. The Morgan fingerprint density at radius 2 is 0.311 bits per heavy atom. The van der Waals surface area contributed by atoms with Crippen molar-refractivity contribution in [2.24, 2.45) is 0 Å². The van der Waals surface area contributed by atoms with Gasteiger partial charge >= 0.3 is 0 Å². The molecule has 148 heavy (non-hydrogen) atoms. The summed E-state index contributed by atoms with van der Waals surface area (Å²) in [4.78, 5) is 30.1. The Balaban J connectivity index is 0.000000181. The second-order valence-corrected chi connectivity index (χ2v) is 39.1. The summed E-state index contributed by atoms with van der Waals surface area (Å²) in [6.45, 7) is 23.6. The van der Waals surface area contributed by atoms with E-state index in [-0.39, 0.29) is 27.8 Å². The van der Waals surface area contributed by atoms with Crippen LogP contribution in [0.25, 0.3) is 97.0 Å². The predicted molar refractivity (Wildman–Crippen MR) is 632 cm³/mol. The Morgan fingerprint density at radius 3 is 0.480 bits per heavy atom. The molecule has 0 aliphatic heterocycles. The molecule has 0 radical (unpaired) electrons. The number of carbonyl (C=O) groups is 2. The largest absolute Gasteiger partial charge is 0.481 e. The fourth-order valence-electron chi connectivity index (χ4n) is 19.9. The molecule has 24 rings (SSSR count). The minimum atomic E-state index is -0.833. The fourth-order valence-corrected chi connectivity index (χ4v) is 20.4. The van der Waals surface area contributed by atoms with Gasteiger partial charge in [0.25, 0.3) is 11.9 Å². The van der Waals surface area contributed by atoms with Gasteiger partial charge in [-0.25, -0.2) is 0 Å². The summed E-state index contributed by atoms with van der Waals surface area (Å²) in [5.74, 6) is -1.67. The second-order valence-electron chi connectivity index (χ2n) is 38.2. The van der Waals surface area contributed by atoms with Crippen LogP contribution in [0.4, 0.5) is 108 Å². The third kappa shape index (κ3) is 21.3. The molecule has 0 fully saturated rings. The van der Waals surface area contributed by atoms with Crippen molar-refractivity contribution in [1.82, 2.24) is 0 Å². The van der Waals surface area contributed by atoms with Crippen molar-refractivity contribution >= 4 is 233 Å². The molecule has 4 N–H and O–H groups in total. The maximum Gasteiger partial charge on any atom is 0.300 e. The summed E-state index contributed by atoms with van der Waals surface area (Å²) in [5, 5.41) is 44.1. The first-order valence-corrected chi connectivity index (χ1v) is 50.2. The Kier molecular flexibility index (Phi) is 30.0. The van der Waals surface area contributed by atoms with E-state index < -0.39 is 11.9 Å². The van der Waals surface area contributed by atoms with Crippen LogP contribution in [0.1, 0.15) is 76.9 Å². The van der Waals surface area contributed by atoms with Crippen molar-refractivity contribution < 1.29 is 40.2 Å². The van der Waals surface area contributed by atoms with Gasteiger partial charge in [-0.2, -0.15) is 0 Å². The van der Waals surface area contributed by atoms with E-state index in [2.05, 4.69) is 557 Å². The van der Waals surface area contributed by atoms with Crippen LogP contribution in [-0.2, 0) is 30.0 Å². The molecule has 11 nitrogen and oxygen atoms in total. The predicted octanol–water partition coefficient (Wildman–Crippen LogP) is 39.3. The number of nitrogens with zero attached hydrogens (tertiary/aromatic N) is 5. The second kappa shape index (κ2) is 43.9. The van der Waals surface area contributed by atoms with Crippen LogP contribution in [0.15, 0.2) is 441 Å². The summed E-state index contributed by atoms with van der Waals surface area (Å²) < 4.78 is 1.14. The Hall–Kier alpha value is -16.9. The molecule has 0 amide bonds. The van der Waals surface area contributed by atoms with Crippen LogP contribution in [0.5, 0.6) is 0 Å². The first-order chi connectivity index (χ1) is 70.8. The molecule has 0 saturated heterocycles. The van der Waals surface area contributed by atoms with Crippen LogP contribution in [0, 0.1) is 69.2 Å². The summed E-state index contributed by atoms with van der Waals surface area (Å²) in [7, 11) is 0. The Morgan fingerprint density at radius 1 is 0.189 bits per heavy atom. The van der Waals surface area contributed by atoms with Gasteiger partial charge in [0.2, 0.25) is 0 Å². The van der Waals surface area contributed by atoms with Crippen molar-refractivity contribution in [2.45, 2.75) is 90.5 Å². The zero-order chi connectivity index (χ0) is 101. The zero-order valence-corrected chi connectivity index (χ0v) is 87.4. The van der Waals surface area contributed by atoms with Gasteiger partial charge in [0.1, 0.15) is 0 Å². The van der Waals surface area contributed by atoms with Gasteiger partial charge < -0.3 is 45.3 Å². The third-order valence-electron chi connectivity index (χ3n) is 27.3. The maximum atomic E-state index is 9.00. The summed E-state index contributed by atoms with van der Waals surface area (Å²) in [6.07, 6.45) is 0. The van der Waals surface area contributed by atoms with Crippen LogP contribution in [0.3, 0.4) is 0 Å². The molecule has 0 atom stereocenters. The average Bonchev–Trinajstić information content (AvgIpc) is 0.726. The summed E-state index contributed by atoms with van der Waals surface area (Å²) in [5.41, 5.74) is 33.7. The van der Waals surface area contributed by atoms with E-state index in [0.717, 1.165) is 121 Å². The first kappa shape index (κ1) is 101. The molecule has 0 spiro atoms. The molecule has 0 aromatic heterocycles. The number of hydrogen-bond acceptors (Lipinski definition) is 9. The van der Waals surface area contributed by atoms with Crippen LogP contribution < -0.4 is 35.1 Å². The molecule has 0 heterocycles. The van der Waals surface area contributed by atoms with Crippen molar-refractivity contribution in [3.63, 3.8) is 0 Å². The maximum absolute atomic E-state index is 9.00. The molecular weight excluding hydrogens is 1970 g/mol. The number of carboxylic acid groups (broad SMARTS) is 2. The minimum Gasteiger partial charge on any atom is -0.481 e. The number of halogens is 1. The summed E-state index contributed by atoms with van der Waals surface area (Å²) in [6, 6.07) is 160. The quantitative estimate of drug-likeness (QED) is 0.0458. The number of anilines is 19. The van der Waals surface area contributed by atoms with Crippen molar-refractivity contribution in [3.8, 4) is 0 Å². The van der Waals surface area contributed by atoms with Crippen molar-refractivity contribution in [1.29, 1.82) is 0 Å². The van der Waals surface area contributed by atoms with Gasteiger partial charge in [-0.05, 0) is 346 Å². The number of nitrogens with one attached hydrogen (secondary N) is 2. The van der Waals surface area contributed by atoms with Crippen LogP contribution in [0.2, 0.25) is 0 Å². The third-order valence-corrected chi connectivity index (χ3v) is 28.0. The van der Waals surface area contributed by atoms with E-state index in [9.17, 15) is 0 Å². The van der Waals surface area contributed by atoms with Gasteiger partial charge in [-0.15, -0.1) is 0 Å². The molecule has 0 aliphatic rings. The molecule has 24 aromatic carbocycles. The SMILES string of the molecule is C.CC(=O)O.CC(=O)O.Cc1ccc(N(c2ccc(C)cc2)c2ccc3ccc4c(Br)ccc5ccc2c3c54)cc1.Cc1ccc(N(c2ccc(C)cc2)c2ccc3ccc4c(N(c5ccc(C)cc5)c5ccc(N(c6ccc(C)cc6)c6ccc7ccc8c(N(c9ccc(C)cc9)c9ccc(C)cc9)ccc9ccc6c7c98)cc5)ccc5ccc2c3c54)cc1.Cc1ccc(Nc2ccc(Nc3ccc(C)cc3)cc2)cc1.[Pd]. The van der Waals surface area contributed by atoms with E-state index in [4.69, 9.17) is 19.8 Å². The van der Waals surface area contributed by atoms with Crippen molar-refractivity contribution in [3.05, 3.63) is 497 Å². The average molecular weight is 2090 g/mol. The molecule has 13 heteroatoms. The first-order valence-electron chi connectivity index (χ1n) is 49.4. The number of aryl methyl sites for hydroxylation is 10. The topological polar surface area (TPSA) is 115 Å². The number of carboxylic acids is 2. The number of rotatable bonds is 19. The molecule has 0 aliphatic carbocycles. The van der Waals surface area contributed by atoms with Gasteiger partial charge in [0.05, 0.1) is 28.4 Å². The smallest absolute Gasteiger partial charge is 0.300 e. The van der Waals surface area contributed by atoms with Gasteiger partial charge in [-0.1, -0.05) is 310 Å². The van der Waals surface area contributed by atoms with Gasteiger partial charge in [0, 0.05) is 145 Å². The normalized spacial score (nSPS) is 11.0. The zero-order valence-electron chi connectivity index (χ0n) is 84.2. The van der Waals surface area contributed by atoms with E-state index in [1.165, 1.54) is 158 Å². The monoisotopic (exact) mass is 2080 g/mol. The fraction of sp³-hybridized carbons (Fsp3) is 0.0963. The van der Waals surface area contributed by atoms with Crippen molar-refractivity contribution in [2.75, 3.05) is 35.1 Å². The molecule has 24 aromatic rings. The van der Waals surface area contributed by atoms with E-state index in [1.807, 2.05) is 0 Å². The Labute approximate surface area is 888 Å². The number of hydrogen-bond donors (Lipinski definition) is 4. The molecule has 732 valence electrons. The van der Waals surface area contributed by atoms with E-state index in [1.54, 1.807) is 0 Å². The van der Waals surface area contributed by atoms with Crippen LogP contribution >= 0.6 is 15.9 Å². The Bertz CT molecular complexity index is 8280. The van der Waals surface area contributed by atoms with E-state index in [0.29, 0.717) is 0 Å². The molecule has 0 saturated carbocycles. The van der Waals surface area contributed by atoms with Gasteiger partial charge in [-0.3, -0.25) is 9.59 Å². The van der Waals surface area contributed by atoms with E-state index >= 15 is 0 Å².